The first-order chi connectivity index (χ1) is 12.0. The minimum Gasteiger partial charge on any atom is -0.508 e. The molecule has 138 valence electrons. The first-order valence-corrected chi connectivity index (χ1v) is 8.46. The molecule has 0 bridgehead atoms. The first kappa shape index (κ1) is 19.9. The number of benzene rings is 2. The molecule has 5 nitrogen and oxygen atoms in total. The molecule has 2 aromatic rings. The van der Waals surface area contributed by atoms with Crippen LogP contribution in [0, 0.1) is 5.92 Å². The molecule has 1 heterocycles. The maximum atomic E-state index is 12.7. The number of Topliss-reactive ketones (excluding diaryl/α,β-unsaturated/α-hetero) is 1. The quantitative estimate of drug-likeness (QED) is 0.802. The number of nitrogens with zero attached hydrogens (tertiary/aromatic N) is 1. The van der Waals surface area contributed by atoms with E-state index in [0.29, 0.717) is 16.8 Å². The summed E-state index contributed by atoms with van der Waals surface area (Å²) in [5.74, 6) is 0.0410. The SMILES string of the molecule is CN1CCC(C(=O)c2cccc(NC(=O)c3ccc(O)cc3)c2)CC1.Cl. The number of rotatable bonds is 4. The van der Waals surface area contributed by atoms with Crippen LogP contribution in [0.15, 0.2) is 48.5 Å². The van der Waals surface area contributed by atoms with Crippen molar-refractivity contribution in [3.63, 3.8) is 0 Å². The number of carbonyl (C=O) groups excluding carboxylic acids is 2. The number of aromatic hydroxyl groups is 1. The molecule has 1 aliphatic heterocycles. The van der Waals surface area contributed by atoms with E-state index in [9.17, 15) is 14.7 Å². The van der Waals surface area contributed by atoms with E-state index in [2.05, 4.69) is 17.3 Å². The van der Waals surface area contributed by atoms with E-state index in [-0.39, 0.29) is 35.8 Å². The predicted molar refractivity (Wildman–Crippen MR) is 104 cm³/mol. The monoisotopic (exact) mass is 374 g/mol. The Balaban J connectivity index is 0.00000243. The molecule has 1 fully saturated rings. The van der Waals surface area contributed by atoms with Crippen LogP contribution in [0.2, 0.25) is 0 Å². The summed E-state index contributed by atoms with van der Waals surface area (Å²) in [5, 5.41) is 12.1. The van der Waals surface area contributed by atoms with Crippen LogP contribution in [0.25, 0.3) is 0 Å². The average Bonchev–Trinajstić information content (AvgIpc) is 2.62. The van der Waals surface area contributed by atoms with Crippen LogP contribution in [0.5, 0.6) is 5.75 Å². The molecule has 0 saturated carbocycles. The highest BCUT2D eigenvalue weighted by Gasteiger charge is 2.24. The van der Waals surface area contributed by atoms with Crippen molar-refractivity contribution in [3.05, 3.63) is 59.7 Å². The molecule has 2 aromatic carbocycles. The van der Waals surface area contributed by atoms with E-state index in [1.54, 1.807) is 36.4 Å². The number of amides is 1. The predicted octanol–water partition coefficient (Wildman–Crippen LogP) is 3.59. The molecule has 0 radical (unpaired) electrons. The second-order valence-corrected chi connectivity index (χ2v) is 6.52. The largest absolute Gasteiger partial charge is 0.508 e. The fourth-order valence-corrected chi connectivity index (χ4v) is 3.07. The van der Waals surface area contributed by atoms with Gasteiger partial charge in [-0.3, -0.25) is 9.59 Å². The molecule has 26 heavy (non-hydrogen) atoms. The molecule has 1 aliphatic rings. The van der Waals surface area contributed by atoms with Gasteiger partial charge in [-0.05, 0) is 69.4 Å². The summed E-state index contributed by atoms with van der Waals surface area (Å²) in [4.78, 5) is 27.2. The van der Waals surface area contributed by atoms with Crippen molar-refractivity contribution < 1.29 is 14.7 Å². The third-order valence-electron chi connectivity index (χ3n) is 4.62. The van der Waals surface area contributed by atoms with Crippen molar-refractivity contribution in [1.29, 1.82) is 0 Å². The lowest BCUT2D eigenvalue weighted by molar-refractivity contribution is 0.0856. The standard InChI is InChI=1S/C20H22N2O3.ClH/c1-22-11-9-14(10-12-22)19(24)16-3-2-4-17(13-16)21-20(25)15-5-7-18(23)8-6-15;/h2-8,13-14,23H,9-12H2,1H3,(H,21,25);1H. The highest BCUT2D eigenvalue weighted by atomic mass is 35.5. The van der Waals surface area contributed by atoms with Crippen molar-refractivity contribution in [2.45, 2.75) is 12.8 Å². The molecule has 3 rings (SSSR count). The Morgan fingerprint density at radius 1 is 1.04 bits per heavy atom. The maximum Gasteiger partial charge on any atom is 0.255 e. The van der Waals surface area contributed by atoms with Crippen LogP contribution < -0.4 is 5.32 Å². The fourth-order valence-electron chi connectivity index (χ4n) is 3.07. The number of carbonyl (C=O) groups is 2. The molecular formula is C20H23ClN2O3. The molecule has 0 aliphatic carbocycles. The number of phenols is 1. The number of nitrogens with one attached hydrogen (secondary N) is 1. The fraction of sp³-hybridized carbons (Fsp3) is 0.300. The van der Waals surface area contributed by atoms with Gasteiger partial charge in [0.1, 0.15) is 5.75 Å². The minimum atomic E-state index is -0.274. The minimum absolute atomic E-state index is 0. The van der Waals surface area contributed by atoms with Crippen molar-refractivity contribution in [1.82, 2.24) is 4.90 Å². The summed E-state index contributed by atoms with van der Waals surface area (Å²) >= 11 is 0. The van der Waals surface area contributed by atoms with Gasteiger partial charge in [0.25, 0.3) is 5.91 Å². The van der Waals surface area contributed by atoms with Gasteiger partial charge >= 0.3 is 0 Å². The summed E-state index contributed by atoms with van der Waals surface area (Å²) in [7, 11) is 2.07. The molecule has 6 heteroatoms. The molecule has 2 N–H and O–H groups in total. The van der Waals surface area contributed by atoms with Gasteiger partial charge in [-0.15, -0.1) is 12.4 Å². The number of piperidine rings is 1. The number of ketones is 1. The van der Waals surface area contributed by atoms with Gasteiger partial charge in [0, 0.05) is 22.7 Å². The summed E-state index contributed by atoms with van der Waals surface area (Å²) in [6.07, 6.45) is 1.75. The second kappa shape index (κ2) is 8.83. The van der Waals surface area contributed by atoms with Crippen molar-refractivity contribution >= 4 is 29.8 Å². The summed E-state index contributed by atoms with van der Waals surface area (Å²) in [6.45, 7) is 1.88. The van der Waals surface area contributed by atoms with Gasteiger partial charge in [0.15, 0.2) is 5.78 Å². The van der Waals surface area contributed by atoms with E-state index >= 15 is 0 Å². The highest BCUT2D eigenvalue weighted by molar-refractivity contribution is 6.05. The van der Waals surface area contributed by atoms with Crippen LogP contribution in [0.3, 0.4) is 0 Å². The molecule has 0 spiro atoms. The Labute approximate surface area is 159 Å². The van der Waals surface area contributed by atoms with Gasteiger partial charge < -0.3 is 15.3 Å². The molecular weight excluding hydrogens is 352 g/mol. The van der Waals surface area contributed by atoms with Crippen LogP contribution in [0.1, 0.15) is 33.6 Å². The number of hydrogen-bond donors (Lipinski definition) is 2. The summed E-state index contributed by atoms with van der Waals surface area (Å²) in [6, 6.07) is 13.1. The van der Waals surface area contributed by atoms with Crippen molar-refractivity contribution in [2.24, 2.45) is 5.92 Å². The second-order valence-electron chi connectivity index (χ2n) is 6.52. The highest BCUT2D eigenvalue weighted by Crippen LogP contribution is 2.23. The lowest BCUT2D eigenvalue weighted by Gasteiger charge is -2.28. The Kier molecular flexibility index (Phi) is 6.77. The van der Waals surface area contributed by atoms with Crippen LogP contribution in [0.4, 0.5) is 5.69 Å². The van der Waals surface area contributed by atoms with Crippen LogP contribution >= 0.6 is 12.4 Å². The Hall–Kier alpha value is -2.37. The smallest absolute Gasteiger partial charge is 0.255 e. The van der Waals surface area contributed by atoms with E-state index in [4.69, 9.17) is 0 Å². The molecule has 1 saturated heterocycles. The van der Waals surface area contributed by atoms with Crippen LogP contribution in [-0.4, -0.2) is 41.8 Å². The normalized spacial score (nSPS) is 15.1. The van der Waals surface area contributed by atoms with Gasteiger partial charge in [-0.1, -0.05) is 12.1 Å². The number of hydrogen-bond acceptors (Lipinski definition) is 4. The molecule has 1 amide bonds. The number of phenolic OH excluding ortho intramolecular Hbond substituents is 1. The van der Waals surface area contributed by atoms with E-state index in [0.717, 1.165) is 25.9 Å². The van der Waals surface area contributed by atoms with Gasteiger partial charge in [-0.2, -0.15) is 0 Å². The zero-order valence-corrected chi connectivity index (χ0v) is 15.5. The third-order valence-corrected chi connectivity index (χ3v) is 4.62. The average molecular weight is 375 g/mol. The van der Waals surface area contributed by atoms with Gasteiger partial charge in [0.2, 0.25) is 0 Å². The number of anilines is 1. The maximum absolute atomic E-state index is 12.7. The van der Waals surface area contributed by atoms with Gasteiger partial charge in [0.05, 0.1) is 0 Å². The lowest BCUT2D eigenvalue weighted by atomic mass is 9.89. The van der Waals surface area contributed by atoms with Crippen molar-refractivity contribution in [3.8, 4) is 5.75 Å². The van der Waals surface area contributed by atoms with E-state index < -0.39 is 0 Å². The molecule has 0 atom stereocenters. The van der Waals surface area contributed by atoms with Gasteiger partial charge in [-0.25, -0.2) is 0 Å². The zero-order valence-electron chi connectivity index (χ0n) is 14.6. The third kappa shape index (κ3) is 4.84. The van der Waals surface area contributed by atoms with Crippen LogP contribution in [-0.2, 0) is 0 Å². The number of halogens is 1. The summed E-state index contributed by atoms with van der Waals surface area (Å²) < 4.78 is 0. The lowest BCUT2D eigenvalue weighted by Crippen LogP contribution is -2.33. The molecule has 0 unspecified atom stereocenters. The van der Waals surface area contributed by atoms with E-state index in [1.807, 2.05) is 0 Å². The topological polar surface area (TPSA) is 69.6 Å². The zero-order chi connectivity index (χ0) is 17.8. The number of likely N-dealkylation sites (tertiary alicyclic amines) is 1. The Bertz CT molecular complexity index is 769. The first-order valence-electron chi connectivity index (χ1n) is 8.46. The van der Waals surface area contributed by atoms with Crippen molar-refractivity contribution in [2.75, 3.05) is 25.5 Å². The Morgan fingerprint density at radius 2 is 1.69 bits per heavy atom. The Morgan fingerprint density at radius 3 is 2.35 bits per heavy atom. The summed E-state index contributed by atoms with van der Waals surface area (Å²) in [5.41, 5.74) is 1.68. The molecule has 0 aromatic heterocycles. The van der Waals surface area contributed by atoms with E-state index in [1.165, 1.54) is 12.1 Å².